The van der Waals surface area contributed by atoms with Crippen molar-refractivity contribution >= 4 is 23.3 Å². The number of carbonyl (C=O) groups is 2. The third kappa shape index (κ3) is 3.39. The number of hydrogen-bond acceptors (Lipinski definition) is 4. The lowest BCUT2D eigenvalue weighted by molar-refractivity contribution is -0.109. The van der Waals surface area contributed by atoms with Gasteiger partial charge in [0.05, 0.1) is 5.52 Å². The number of aromatic nitrogens is 2. The number of alkyl carbamates (subject to hydrolysis) is 1. The van der Waals surface area contributed by atoms with Gasteiger partial charge < -0.3 is 14.8 Å². The summed E-state index contributed by atoms with van der Waals surface area (Å²) in [6.07, 6.45) is 0.00735. The Morgan fingerprint density at radius 2 is 2.05 bits per heavy atom. The van der Waals surface area contributed by atoms with Crippen LogP contribution in [0.5, 0.6) is 0 Å². The van der Waals surface area contributed by atoms with Gasteiger partial charge in [0.15, 0.2) is 0 Å². The van der Waals surface area contributed by atoms with Gasteiger partial charge in [-0.15, -0.1) is 0 Å². The number of para-hydroxylation sites is 1. The fourth-order valence-electron chi connectivity index (χ4n) is 2.07. The number of fused-ring (bicyclic) bond motifs is 1. The first-order valence-electron chi connectivity index (χ1n) is 6.68. The van der Waals surface area contributed by atoms with Gasteiger partial charge in [-0.1, -0.05) is 18.2 Å². The zero-order chi connectivity index (χ0) is 15.6. The van der Waals surface area contributed by atoms with Crippen LogP contribution in [0.1, 0.15) is 32.5 Å². The molecule has 0 radical (unpaired) electrons. The van der Waals surface area contributed by atoms with Gasteiger partial charge in [0.2, 0.25) is 0 Å². The van der Waals surface area contributed by atoms with Gasteiger partial charge in [-0.25, -0.2) is 4.79 Å². The van der Waals surface area contributed by atoms with E-state index in [2.05, 4.69) is 10.4 Å². The van der Waals surface area contributed by atoms with Gasteiger partial charge in [-0.2, -0.15) is 5.10 Å². The molecule has 6 nitrogen and oxygen atoms in total. The molecule has 0 aliphatic carbocycles. The van der Waals surface area contributed by atoms with E-state index in [1.54, 1.807) is 32.5 Å². The summed E-state index contributed by atoms with van der Waals surface area (Å²) < 4.78 is 6.85. The molecule has 0 saturated carbocycles. The second kappa shape index (κ2) is 5.55. The third-order valence-corrected chi connectivity index (χ3v) is 2.89. The summed E-state index contributed by atoms with van der Waals surface area (Å²) >= 11 is 0. The number of aryl methyl sites for hydroxylation is 1. The fourth-order valence-corrected chi connectivity index (χ4v) is 2.07. The van der Waals surface area contributed by atoms with Crippen LogP contribution < -0.4 is 5.32 Å². The topological polar surface area (TPSA) is 73.2 Å². The summed E-state index contributed by atoms with van der Waals surface area (Å²) in [5.74, 6) is 0. The Labute approximate surface area is 123 Å². The van der Waals surface area contributed by atoms with Crippen LogP contribution in [0, 0.1) is 0 Å². The van der Waals surface area contributed by atoms with Crippen molar-refractivity contribution in [1.82, 2.24) is 15.1 Å². The minimum atomic E-state index is -0.842. The van der Waals surface area contributed by atoms with E-state index in [0.717, 1.165) is 10.9 Å². The second-order valence-corrected chi connectivity index (χ2v) is 5.79. The van der Waals surface area contributed by atoms with Crippen LogP contribution >= 0.6 is 0 Å². The SMILES string of the molecule is Cn1nc(C(C=O)NC(=O)OC(C)(C)C)c2ccccc21. The number of amides is 1. The van der Waals surface area contributed by atoms with Crippen LogP contribution in [0.2, 0.25) is 0 Å². The van der Waals surface area contributed by atoms with Crippen molar-refractivity contribution in [2.45, 2.75) is 32.4 Å². The van der Waals surface area contributed by atoms with Crippen LogP contribution in [0.25, 0.3) is 10.9 Å². The number of benzene rings is 1. The lowest BCUT2D eigenvalue weighted by atomic mass is 10.1. The number of ether oxygens (including phenoxy) is 1. The van der Waals surface area contributed by atoms with E-state index in [-0.39, 0.29) is 0 Å². The molecule has 0 bridgehead atoms. The number of aldehydes is 1. The molecule has 1 heterocycles. The molecule has 21 heavy (non-hydrogen) atoms. The summed E-state index contributed by atoms with van der Waals surface area (Å²) in [7, 11) is 1.79. The van der Waals surface area contributed by atoms with Crippen molar-refractivity contribution in [3.05, 3.63) is 30.0 Å². The molecule has 0 aliphatic heterocycles. The van der Waals surface area contributed by atoms with Gasteiger partial charge in [0.25, 0.3) is 0 Å². The highest BCUT2D eigenvalue weighted by atomic mass is 16.6. The number of rotatable bonds is 3. The summed E-state index contributed by atoms with van der Waals surface area (Å²) in [4.78, 5) is 23.2. The quantitative estimate of drug-likeness (QED) is 0.880. The zero-order valence-electron chi connectivity index (χ0n) is 12.6. The molecule has 0 spiro atoms. The number of hydrogen-bond donors (Lipinski definition) is 1. The number of carbonyl (C=O) groups excluding carboxylic acids is 2. The Bertz CT molecular complexity index is 670. The van der Waals surface area contributed by atoms with E-state index in [9.17, 15) is 9.59 Å². The first-order valence-corrected chi connectivity index (χ1v) is 6.68. The summed E-state index contributed by atoms with van der Waals surface area (Å²) in [6.45, 7) is 5.29. The minimum absolute atomic E-state index is 0.508. The second-order valence-electron chi connectivity index (χ2n) is 5.79. The van der Waals surface area contributed by atoms with E-state index < -0.39 is 17.7 Å². The van der Waals surface area contributed by atoms with Crippen LogP contribution in [0.3, 0.4) is 0 Å². The van der Waals surface area contributed by atoms with Crippen LogP contribution in [-0.4, -0.2) is 27.8 Å². The molecular weight excluding hydrogens is 270 g/mol. The largest absolute Gasteiger partial charge is 0.444 e. The zero-order valence-corrected chi connectivity index (χ0v) is 12.6. The molecule has 1 amide bonds. The van der Waals surface area contributed by atoms with Crippen molar-refractivity contribution < 1.29 is 14.3 Å². The van der Waals surface area contributed by atoms with Crippen LogP contribution in [-0.2, 0) is 16.6 Å². The number of nitrogens with one attached hydrogen (secondary N) is 1. The average Bonchev–Trinajstić information content (AvgIpc) is 2.72. The lowest BCUT2D eigenvalue weighted by Gasteiger charge is -2.21. The average molecular weight is 289 g/mol. The maximum absolute atomic E-state index is 11.8. The maximum atomic E-state index is 11.8. The molecule has 112 valence electrons. The first-order chi connectivity index (χ1) is 9.81. The van der Waals surface area contributed by atoms with Crippen LogP contribution in [0.15, 0.2) is 24.3 Å². The molecule has 1 unspecified atom stereocenters. The standard InChI is InChI=1S/C15H19N3O3/c1-15(2,3)21-14(20)16-11(9-19)13-10-7-5-6-8-12(10)18(4)17-13/h5-9,11H,1-4H3,(H,16,20). The lowest BCUT2D eigenvalue weighted by Crippen LogP contribution is -2.35. The molecule has 1 N–H and O–H groups in total. The Morgan fingerprint density at radius 1 is 1.38 bits per heavy atom. The molecule has 2 aromatic rings. The smallest absolute Gasteiger partial charge is 0.408 e. The molecular formula is C15H19N3O3. The van der Waals surface area contributed by atoms with E-state index in [4.69, 9.17) is 4.74 Å². The predicted octanol–water partition coefficient (Wildman–Crippen LogP) is 2.34. The monoisotopic (exact) mass is 289 g/mol. The van der Waals surface area contributed by atoms with Crippen molar-refractivity contribution in [2.75, 3.05) is 0 Å². The highest BCUT2D eigenvalue weighted by molar-refractivity contribution is 5.86. The van der Waals surface area contributed by atoms with Gasteiger partial charge in [-0.3, -0.25) is 4.68 Å². The molecule has 6 heteroatoms. The van der Waals surface area contributed by atoms with E-state index >= 15 is 0 Å². The van der Waals surface area contributed by atoms with Crippen molar-refractivity contribution in [3.63, 3.8) is 0 Å². The minimum Gasteiger partial charge on any atom is -0.444 e. The Hall–Kier alpha value is -2.37. The van der Waals surface area contributed by atoms with Crippen LogP contribution in [0.4, 0.5) is 4.79 Å². The summed E-state index contributed by atoms with van der Waals surface area (Å²) in [5.41, 5.74) is 0.781. The fraction of sp³-hybridized carbons (Fsp3) is 0.400. The highest BCUT2D eigenvalue weighted by Crippen LogP contribution is 2.22. The van der Waals surface area contributed by atoms with E-state index in [1.807, 2.05) is 24.3 Å². The van der Waals surface area contributed by atoms with Crippen molar-refractivity contribution in [3.8, 4) is 0 Å². The molecule has 1 atom stereocenters. The highest BCUT2D eigenvalue weighted by Gasteiger charge is 2.23. The van der Waals surface area contributed by atoms with Crippen molar-refractivity contribution in [2.24, 2.45) is 7.05 Å². The van der Waals surface area contributed by atoms with Gasteiger partial charge in [0, 0.05) is 12.4 Å². The van der Waals surface area contributed by atoms with Gasteiger partial charge in [-0.05, 0) is 26.8 Å². The molecule has 0 saturated heterocycles. The van der Waals surface area contributed by atoms with Gasteiger partial charge in [0.1, 0.15) is 23.6 Å². The van der Waals surface area contributed by atoms with Gasteiger partial charge >= 0.3 is 6.09 Å². The maximum Gasteiger partial charge on any atom is 0.408 e. The predicted molar refractivity (Wildman–Crippen MR) is 78.9 cm³/mol. The molecule has 2 rings (SSSR count). The van der Waals surface area contributed by atoms with Crippen molar-refractivity contribution in [1.29, 1.82) is 0 Å². The Morgan fingerprint density at radius 3 is 2.67 bits per heavy atom. The van der Waals surface area contributed by atoms with E-state index in [0.29, 0.717) is 12.0 Å². The molecule has 1 aromatic heterocycles. The normalized spacial score (nSPS) is 13.0. The summed E-state index contributed by atoms with van der Waals surface area (Å²) in [5, 5.41) is 7.69. The Kier molecular flexibility index (Phi) is 3.97. The third-order valence-electron chi connectivity index (χ3n) is 2.89. The molecule has 0 aliphatic rings. The Balaban J connectivity index is 2.28. The molecule has 1 aromatic carbocycles. The summed E-state index contributed by atoms with van der Waals surface area (Å²) in [6, 6.07) is 6.69. The van der Waals surface area contributed by atoms with E-state index in [1.165, 1.54) is 0 Å². The number of nitrogens with zero attached hydrogens (tertiary/aromatic N) is 2. The molecule has 0 fully saturated rings. The first kappa shape index (κ1) is 15.0.